The normalized spacial score (nSPS) is 15.0. The van der Waals surface area contributed by atoms with Gasteiger partial charge in [0.2, 0.25) is 21.8 Å². The summed E-state index contributed by atoms with van der Waals surface area (Å²) in [5.74, 6) is -0.805. The first-order valence-electron chi connectivity index (χ1n) is 10.8. The van der Waals surface area contributed by atoms with Crippen LogP contribution in [0.3, 0.4) is 0 Å². The molecule has 3 N–H and O–H groups in total. The second kappa shape index (κ2) is 11.5. The molecule has 1 fully saturated rings. The predicted molar refractivity (Wildman–Crippen MR) is 131 cm³/mol. The van der Waals surface area contributed by atoms with Crippen molar-refractivity contribution in [3.8, 4) is 0 Å². The van der Waals surface area contributed by atoms with Crippen LogP contribution in [0.15, 0.2) is 48.5 Å². The fourth-order valence-electron chi connectivity index (χ4n) is 3.54. The zero-order chi connectivity index (χ0) is 24.7. The number of nitrogens with zero attached hydrogens (tertiary/aromatic N) is 1. The highest BCUT2D eigenvalue weighted by Crippen LogP contribution is 2.21. The molecule has 11 heteroatoms. The van der Waals surface area contributed by atoms with Gasteiger partial charge in [-0.2, -0.15) is 0 Å². The molecule has 0 radical (unpaired) electrons. The topological polar surface area (TPSA) is 125 Å². The number of amides is 3. The van der Waals surface area contributed by atoms with Gasteiger partial charge >= 0.3 is 0 Å². The van der Waals surface area contributed by atoms with Crippen LogP contribution in [0.2, 0.25) is 5.02 Å². The van der Waals surface area contributed by atoms with Crippen LogP contribution >= 0.6 is 11.6 Å². The Labute approximate surface area is 203 Å². The first kappa shape index (κ1) is 25.7. The number of sulfonamides is 1. The number of benzene rings is 2. The molecule has 1 aliphatic heterocycles. The number of carbonyl (C=O) groups is 3. The molecule has 1 unspecified atom stereocenters. The molecule has 2 aromatic rings. The Morgan fingerprint density at radius 2 is 1.74 bits per heavy atom. The van der Waals surface area contributed by atoms with Crippen molar-refractivity contribution in [2.75, 3.05) is 29.6 Å². The molecular formula is C23H27ClN4O5S. The number of nitrogens with one attached hydrogen (secondary N) is 3. The minimum atomic E-state index is -3.53. The summed E-state index contributed by atoms with van der Waals surface area (Å²) >= 11 is 5.85. The highest BCUT2D eigenvalue weighted by Gasteiger charge is 2.21. The van der Waals surface area contributed by atoms with E-state index < -0.39 is 27.9 Å². The molecule has 34 heavy (non-hydrogen) atoms. The molecule has 2 aromatic carbocycles. The number of piperidine rings is 1. The summed E-state index contributed by atoms with van der Waals surface area (Å²) in [4.78, 5) is 39.1. The average Bonchev–Trinajstić information content (AvgIpc) is 2.79. The average molecular weight is 507 g/mol. The third-order valence-corrected chi connectivity index (χ3v) is 6.19. The summed E-state index contributed by atoms with van der Waals surface area (Å²) in [6, 6.07) is 12.3. The van der Waals surface area contributed by atoms with E-state index in [0.29, 0.717) is 29.2 Å². The second-order valence-corrected chi connectivity index (χ2v) is 10.4. The van der Waals surface area contributed by atoms with Crippen molar-refractivity contribution in [1.29, 1.82) is 0 Å². The van der Waals surface area contributed by atoms with E-state index in [1.165, 1.54) is 0 Å². The Morgan fingerprint density at radius 3 is 2.35 bits per heavy atom. The van der Waals surface area contributed by atoms with Crippen molar-refractivity contribution < 1.29 is 22.8 Å². The van der Waals surface area contributed by atoms with Gasteiger partial charge in [0, 0.05) is 47.9 Å². The molecule has 0 aromatic heterocycles. The SMILES string of the molecule is CS(=O)(=O)NCC(CC(=O)Nc1ccc(Cl)cc1)NC(=O)c1ccc(N2CCCCC2=O)cc1. The lowest BCUT2D eigenvalue weighted by molar-refractivity contribution is -0.119. The molecule has 0 bridgehead atoms. The van der Waals surface area contributed by atoms with Crippen LogP contribution in [0.25, 0.3) is 0 Å². The molecule has 3 rings (SSSR count). The van der Waals surface area contributed by atoms with Crippen molar-refractivity contribution >= 4 is 50.7 Å². The lowest BCUT2D eigenvalue weighted by atomic mass is 10.1. The molecule has 0 saturated carbocycles. The van der Waals surface area contributed by atoms with E-state index in [-0.39, 0.29) is 18.9 Å². The van der Waals surface area contributed by atoms with Gasteiger partial charge in [-0.25, -0.2) is 13.1 Å². The van der Waals surface area contributed by atoms with E-state index >= 15 is 0 Å². The maximum atomic E-state index is 12.8. The minimum Gasteiger partial charge on any atom is -0.347 e. The van der Waals surface area contributed by atoms with Crippen LogP contribution in [0.4, 0.5) is 11.4 Å². The number of hydrogen-bond acceptors (Lipinski definition) is 5. The highest BCUT2D eigenvalue weighted by molar-refractivity contribution is 7.88. The monoisotopic (exact) mass is 506 g/mol. The Balaban J connectivity index is 1.65. The Kier molecular flexibility index (Phi) is 8.65. The molecule has 0 aliphatic carbocycles. The van der Waals surface area contributed by atoms with Crippen LogP contribution in [0.1, 0.15) is 36.0 Å². The van der Waals surface area contributed by atoms with Gasteiger partial charge in [0.1, 0.15) is 0 Å². The highest BCUT2D eigenvalue weighted by atomic mass is 35.5. The third-order valence-electron chi connectivity index (χ3n) is 5.25. The summed E-state index contributed by atoms with van der Waals surface area (Å²) < 4.78 is 25.4. The molecule has 3 amide bonds. The fourth-order valence-corrected chi connectivity index (χ4v) is 4.17. The van der Waals surface area contributed by atoms with Crippen molar-refractivity contribution in [2.45, 2.75) is 31.7 Å². The molecular weight excluding hydrogens is 480 g/mol. The molecule has 1 heterocycles. The summed E-state index contributed by atoms with van der Waals surface area (Å²) in [6.07, 6.45) is 3.16. The van der Waals surface area contributed by atoms with Gasteiger partial charge in [0.05, 0.1) is 12.3 Å². The van der Waals surface area contributed by atoms with Crippen molar-refractivity contribution in [1.82, 2.24) is 10.0 Å². The molecule has 1 aliphatic rings. The number of halogens is 1. The lowest BCUT2D eigenvalue weighted by Crippen LogP contribution is -2.45. The summed E-state index contributed by atoms with van der Waals surface area (Å²) in [7, 11) is -3.53. The fraction of sp³-hybridized carbons (Fsp3) is 0.348. The maximum absolute atomic E-state index is 12.8. The number of rotatable bonds is 9. The van der Waals surface area contributed by atoms with Crippen molar-refractivity contribution in [3.05, 3.63) is 59.1 Å². The van der Waals surface area contributed by atoms with Crippen LogP contribution in [-0.4, -0.2) is 51.5 Å². The van der Waals surface area contributed by atoms with Crippen molar-refractivity contribution in [2.24, 2.45) is 0 Å². The van der Waals surface area contributed by atoms with Gasteiger partial charge < -0.3 is 15.5 Å². The van der Waals surface area contributed by atoms with Gasteiger partial charge in [-0.1, -0.05) is 11.6 Å². The molecule has 1 saturated heterocycles. The predicted octanol–water partition coefficient (Wildman–Crippen LogP) is 2.53. The van der Waals surface area contributed by atoms with E-state index in [4.69, 9.17) is 11.6 Å². The lowest BCUT2D eigenvalue weighted by Gasteiger charge is -2.27. The van der Waals surface area contributed by atoms with Gasteiger partial charge in [0.15, 0.2) is 0 Å². The molecule has 182 valence electrons. The number of anilines is 2. The van der Waals surface area contributed by atoms with Gasteiger partial charge in [0.25, 0.3) is 5.91 Å². The zero-order valence-electron chi connectivity index (χ0n) is 18.7. The van der Waals surface area contributed by atoms with Gasteiger partial charge in [-0.05, 0) is 61.4 Å². The minimum absolute atomic E-state index is 0.0575. The Morgan fingerprint density at radius 1 is 1.06 bits per heavy atom. The summed E-state index contributed by atoms with van der Waals surface area (Å²) in [5.41, 5.74) is 1.58. The quantitative estimate of drug-likeness (QED) is 0.482. The maximum Gasteiger partial charge on any atom is 0.251 e. The van der Waals surface area contributed by atoms with E-state index in [1.54, 1.807) is 53.4 Å². The van der Waals surface area contributed by atoms with Crippen LogP contribution in [-0.2, 0) is 19.6 Å². The summed E-state index contributed by atoms with van der Waals surface area (Å²) in [5, 5.41) is 5.93. The third kappa shape index (κ3) is 7.82. The Hall–Kier alpha value is -2.95. The van der Waals surface area contributed by atoms with Crippen LogP contribution in [0, 0.1) is 0 Å². The van der Waals surface area contributed by atoms with Crippen LogP contribution in [0.5, 0.6) is 0 Å². The van der Waals surface area contributed by atoms with E-state index in [2.05, 4.69) is 15.4 Å². The molecule has 0 spiro atoms. The number of carbonyl (C=O) groups excluding carboxylic acids is 3. The van der Waals surface area contributed by atoms with Gasteiger partial charge in [-0.15, -0.1) is 0 Å². The largest absolute Gasteiger partial charge is 0.347 e. The summed E-state index contributed by atoms with van der Waals surface area (Å²) in [6.45, 7) is 0.491. The Bertz CT molecular complexity index is 1140. The van der Waals surface area contributed by atoms with E-state index in [9.17, 15) is 22.8 Å². The standard InChI is InChI=1S/C23H27ClN4O5S/c1-34(32,33)25-15-19(14-21(29)26-18-9-7-17(24)8-10-18)27-23(31)16-5-11-20(12-6-16)28-13-3-2-4-22(28)30/h5-12,19,25H,2-4,13-15H2,1H3,(H,26,29)(H,27,31). The van der Waals surface area contributed by atoms with Crippen molar-refractivity contribution in [3.63, 3.8) is 0 Å². The second-order valence-electron chi connectivity index (χ2n) is 8.10. The first-order chi connectivity index (χ1) is 16.1. The van der Waals surface area contributed by atoms with Gasteiger partial charge in [-0.3, -0.25) is 14.4 Å². The van der Waals surface area contributed by atoms with E-state index in [1.807, 2.05) is 0 Å². The zero-order valence-corrected chi connectivity index (χ0v) is 20.3. The molecule has 9 nitrogen and oxygen atoms in total. The smallest absolute Gasteiger partial charge is 0.251 e. The van der Waals surface area contributed by atoms with Crippen LogP contribution < -0.4 is 20.3 Å². The first-order valence-corrected chi connectivity index (χ1v) is 13.1. The van der Waals surface area contributed by atoms with E-state index in [0.717, 1.165) is 24.8 Å². The molecule has 1 atom stereocenters. The number of hydrogen-bond donors (Lipinski definition) is 3.